The van der Waals surface area contributed by atoms with Crippen LogP contribution in [-0.2, 0) is 4.79 Å². The Hall–Kier alpha value is -0.220. The Morgan fingerprint density at radius 3 is 2.75 bits per heavy atom. The topological polar surface area (TPSA) is 41.1 Å². The van der Waals surface area contributed by atoms with Crippen LogP contribution in [-0.4, -0.2) is 37.0 Å². The van der Waals surface area contributed by atoms with E-state index in [0.29, 0.717) is 12.3 Å². The van der Waals surface area contributed by atoms with Crippen LogP contribution in [0.15, 0.2) is 0 Å². The molecule has 2 saturated heterocycles. The molecule has 3 nitrogen and oxygen atoms in total. The smallest absolute Gasteiger partial charge is 0.220 e. The molecule has 2 N–H and O–H groups in total. The Labute approximate surface area is 102 Å². The Bertz CT molecular complexity index is 223. The van der Waals surface area contributed by atoms with Crippen molar-refractivity contribution in [2.24, 2.45) is 11.8 Å². The van der Waals surface area contributed by atoms with Gasteiger partial charge in [0.2, 0.25) is 5.91 Å². The van der Waals surface area contributed by atoms with Crippen molar-refractivity contribution in [2.75, 3.05) is 31.1 Å². The van der Waals surface area contributed by atoms with Crippen molar-refractivity contribution in [3.05, 3.63) is 0 Å². The quantitative estimate of drug-likeness (QED) is 0.779. The van der Waals surface area contributed by atoms with Crippen molar-refractivity contribution < 1.29 is 4.79 Å². The maximum Gasteiger partial charge on any atom is 0.220 e. The average molecular weight is 242 g/mol. The molecule has 1 atom stereocenters. The molecule has 2 aliphatic rings. The van der Waals surface area contributed by atoms with Gasteiger partial charge in [0.25, 0.3) is 0 Å². The van der Waals surface area contributed by atoms with Crippen LogP contribution in [0.3, 0.4) is 0 Å². The van der Waals surface area contributed by atoms with E-state index in [-0.39, 0.29) is 5.91 Å². The van der Waals surface area contributed by atoms with Crippen LogP contribution in [0.2, 0.25) is 0 Å². The normalized spacial score (nSPS) is 26.9. The van der Waals surface area contributed by atoms with Crippen LogP contribution in [0.1, 0.15) is 25.7 Å². The Morgan fingerprint density at radius 1 is 1.25 bits per heavy atom. The Kier molecular flexibility index (Phi) is 4.97. The van der Waals surface area contributed by atoms with Gasteiger partial charge in [0.15, 0.2) is 0 Å². The van der Waals surface area contributed by atoms with Crippen LogP contribution in [0.5, 0.6) is 0 Å². The first kappa shape index (κ1) is 12.2. The minimum atomic E-state index is 0.256. The summed E-state index contributed by atoms with van der Waals surface area (Å²) in [5.41, 5.74) is 0. The van der Waals surface area contributed by atoms with E-state index in [0.717, 1.165) is 32.0 Å². The van der Waals surface area contributed by atoms with E-state index >= 15 is 0 Å². The summed E-state index contributed by atoms with van der Waals surface area (Å²) in [7, 11) is 0. The number of amides is 1. The van der Waals surface area contributed by atoms with Crippen LogP contribution in [0, 0.1) is 11.8 Å². The molecule has 0 aliphatic carbocycles. The van der Waals surface area contributed by atoms with E-state index in [2.05, 4.69) is 10.6 Å². The minimum Gasteiger partial charge on any atom is -0.356 e. The second-order valence-electron chi connectivity index (χ2n) is 4.92. The zero-order valence-corrected chi connectivity index (χ0v) is 10.7. The highest BCUT2D eigenvalue weighted by molar-refractivity contribution is 7.99. The summed E-state index contributed by atoms with van der Waals surface area (Å²) in [6.07, 6.45) is 4.42. The summed E-state index contributed by atoms with van der Waals surface area (Å²) in [6.45, 7) is 3.00. The first-order valence-corrected chi connectivity index (χ1v) is 7.55. The third kappa shape index (κ3) is 3.98. The van der Waals surface area contributed by atoms with Crippen LogP contribution < -0.4 is 10.6 Å². The fourth-order valence-electron chi connectivity index (χ4n) is 2.43. The molecule has 0 spiro atoms. The van der Waals surface area contributed by atoms with E-state index in [1.54, 1.807) is 0 Å². The first-order valence-electron chi connectivity index (χ1n) is 6.40. The molecule has 2 rings (SSSR count). The monoisotopic (exact) mass is 242 g/mol. The lowest BCUT2D eigenvalue weighted by Gasteiger charge is -2.21. The van der Waals surface area contributed by atoms with Gasteiger partial charge in [-0.3, -0.25) is 4.79 Å². The van der Waals surface area contributed by atoms with Crippen molar-refractivity contribution in [1.29, 1.82) is 0 Å². The van der Waals surface area contributed by atoms with Crippen LogP contribution in [0.4, 0.5) is 0 Å². The van der Waals surface area contributed by atoms with Gasteiger partial charge in [-0.2, -0.15) is 11.8 Å². The Balaban J connectivity index is 1.59. The predicted molar refractivity (Wildman–Crippen MR) is 68.7 cm³/mol. The first-order chi connectivity index (χ1) is 7.84. The molecule has 4 heteroatoms. The highest BCUT2D eigenvalue weighted by Gasteiger charge is 2.19. The van der Waals surface area contributed by atoms with Crippen molar-refractivity contribution in [3.63, 3.8) is 0 Å². The average Bonchev–Trinajstić information content (AvgIpc) is 2.81. The zero-order chi connectivity index (χ0) is 11.2. The fraction of sp³-hybridized carbons (Fsp3) is 0.917. The summed E-state index contributed by atoms with van der Waals surface area (Å²) < 4.78 is 0. The van der Waals surface area contributed by atoms with Crippen molar-refractivity contribution in [3.8, 4) is 0 Å². The Morgan fingerprint density at radius 2 is 2.06 bits per heavy atom. The largest absolute Gasteiger partial charge is 0.356 e. The van der Waals surface area contributed by atoms with E-state index < -0.39 is 0 Å². The van der Waals surface area contributed by atoms with E-state index in [1.165, 1.54) is 24.3 Å². The van der Waals surface area contributed by atoms with Gasteiger partial charge in [-0.05, 0) is 55.7 Å². The van der Waals surface area contributed by atoms with Gasteiger partial charge in [0.05, 0.1) is 0 Å². The number of hydrogen-bond acceptors (Lipinski definition) is 3. The van der Waals surface area contributed by atoms with Gasteiger partial charge in [-0.25, -0.2) is 0 Å². The number of rotatable bonds is 4. The molecule has 2 heterocycles. The molecule has 0 aromatic carbocycles. The highest BCUT2D eigenvalue weighted by Crippen LogP contribution is 2.22. The van der Waals surface area contributed by atoms with E-state index in [4.69, 9.17) is 0 Å². The van der Waals surface area contributed by atoms with Crippen molar-refractivity contribution in [1.82, 2.24) is 10.6 Å². The van der Waals surface area contributed by atoms with Gasteiger partial charge in [0.1, 0.15) is 0 Å². The molecule has 2 fully saturated rings. The minimum absolute atomic E-state index is 0.256. The van der Waals surface area contributed by atoms with Crippen LogP contribution in [0.25, 0.3) is 0 Å². The third-order valence-corrected chi connectivity index (χ3v) is 4.61. The fourth-order valence-corrected chi connectivity index (χ4v) is 3.64. The number of hydrogen-bond donors (Lipinski definition) is 2. The summed E-state index contributed by atoms with van der Waals surface area (Å²) in [4.78, 5) is 11.7. The third-order valence-electron chi connectivity index (χ3n) is 3.57. The second kappa shape index (κ2) is 6.50. The van der Waals surface area contributed by atoms with Gasteiger partial charge in [-0.15, -0.1) is 0 Å². The summed E-state index contributed by atoms with van der Waals surface area (Å²) in [6, 6.07) is 0. The zero-order valence-electron chi connectivity index (χ0n) is 9.84. The molecular formula is C12H22N2OS. The summed E-state index contributed by atoms with van der Waals surface area (Å²) in [5.74, 6) is 4.10. The molecule has 1 unspecified atom stereocenters. The second-order valence-corrected chi connectivity index (χ2v) is 6.15. The van der Waals surface area contributed by atoms with Crippen molar-refractivity contribution >= 4 is 17.7 Å². The molecule has 0 radical (unpaired) electrons. The molecule has 0 bridgehead atoms. The summed E-state index contributed by atoms with van der Waals surface area (Å²) in [5, 5.41) is 6.40. The molecule has 0 aromatic heterocycles. The summed E-state index contributed by atoms with van der Waals surface area (Å²) >= 11 is 2.04. The van der Waals surface area contributed by atoms with Crippen LogP contribution >= 0.6 is 11.8 Å². The predicted octanol–water partition coefficient (Wildman–Crippen LogP) is 1.25. The van der Waals surface area contributed by atoms with E-state index in [1.807, 2.05) is 11.8 Å². The molecule has 0 aromatic rings. The lowest BCUT2D eigenvalue weighted by atomic mass is 10.0. The molecule has 0 saturated carbocycles. The highest BCUT2D eigenvalue weighted by atomic mass is 32.2. The lowest BCUT2D eigenvalue weighted by molar-refractivity contribution is -0.122. The van der Waals surface area contributed by atoms with Gasteiger partial charge >= 0.3 is 0 Å². The lowest BCUT2D eigenvalue weighted by Crippen LogP contribution is -2.32. The maximum absolute atomic E-state index is 11.7. The molecule has 16 heavy (non-hydrogen) atoms. The SMILES string of the molecule is O=C(CC1CCNC1)NCC1CCSCC1. The maximum atomic E-state index is 11.7. The molecule has 92 valence electrons. The number of thioether (sulfide) groups is 1. The molecular weight excluding hydrogens is 220 g/mol. The van der Waals surface area contributed by atoms with Gasteiger partial charge in [-0.1, -0.05) is 0 Å². The molecule has 1 amide bonds. The number of carbonyl (C=O) groups is 1. The van der Waals surface area contributed by atoms with Crippen molar-refractivity contribution in [2.45, 2.75) is 25.7 Å². The number of nitrogens with one attached hydrogen (secondary N) is 2. The standard InChI is InChI=1S/C12H22N2OS/c15-12(7-11-1-4-13-8-11)14-9-10-2-5-16-6-3-10/h10-11,13H,1-9H2,(H,14,15). The van der Waals surface area contributed by atoms with Gasteiger partial charge < -0.3 is 10.6 Å². The number of carbonyl (C=O) groups excluding carboxylic acids is 1. The van der Waals surface area contributed by atoms with Gasteiger partial charge in [0, 0.05) is 13.0 Å². The molecule has 2 aliphatic heterocycles. The van der Waals surface area contributed by atoms with E-state index in [9.17, 15) is 4.79 Å².